The Labute approximate surface area is 190 Å². The molecule has 0 aliphatic carbocycles. The fourth-order valence-electron chi connectivity index (χ4n) is 3.42. The minimum absolute atomic E-state index is 0.0345. The van der Waals surface area contributed by atoms with Crippen LogP contribution in [0, 0.1) is 0 Å². The molecule has 0 radical (unpaired) electrons. The molecule has 0 saturated heterocycles. The SMILES string of the molecule is CCOc1ccc2nc(NC(=O)c3c[nH]c(=O)n(Cc4ccc5c(c4)OCO5)c3=O)sc2c1. The Morgan fingerprint density at radius 2 is 2.06 bits per heavy atom. The number of nitrogens with zero attached hydrogens (tertiary/aromatic N) is 2. The van der Waals surface area contributed by atoms with Gasteiger partial charge in [-0.2, -0.15) is 0 Å². The highest BCUT2D eigenvalue weighted by atomic mass is 32.1. The number of carbonyl (C=O) groups is 1. The third-order valence-corrected chi connectivity index (χ3v) is 5.91. The van der Waals surface area contributed by atoms with Gasteiger partial charge in [0.25, 0.3) is 11.5 Å². The molecule has 0 bridgehead atoms. The molecule has 0 atom stereocenters. The average molecular weight is 466 g/mol. The molecule has 0 spiro atoms. The summed E-state index contributed by atoms with van der Waals surface area (Å²) in [7, 11) is 0. The van der Waals surface area contributed by atoms with E-state index in [1.54, 1.807) is 30.3 Å². The first-order valence-corrected chi connectivity index (χ1v) is 10.9. The van der Waals surface area contributed by atoms with Gasteiger partial charge in [0.1, 0.15) is 11.3 Å². The molecule has 0 unspecified atom stereocenters. The minimum Gasteiger partial charge on any atom is -0.494 e. The predicted molar refractivity (Wildman–Crippen MR) is 122 cm³/mol. The lowest BCUT2D eigenvalue weighted by atomic mass is 10.2. The van der Waals surface area contributed by atoms with Crippen LogP contribution >= 0.6 is 11.3 Å². The quantitative estimate of drug-likeness (QED) is 0.447. The van der Waals surface area contributed by atoms with E-state index >= 15 is 0 Å². The van der Waals surface area contributed by atoms with Crippen molar-refractivity contribution in [3.63, 3.8) is 0 Å². The van der Waals surface area contributed by atoms with Crippen molar-refractivity contribution in [2.75, 3.05) is 18.7 Å². The standard InChI is InChI=1S/C22H18N4O6S/c1-2-30-13-4-5-15-18(8-13)33-21(24-15)25-19(27)14-9-23-22(29)26(20(14)28)10-12-3-6-16-17(7-12)32-11-31-16/h3-9H,2,10-11H2,1H3,(H,23,29)(H,24,25,27). The highest BCUT2D eigenvalue weighted by Gasteiger charge is 2.18. The number of benzene rings is 2. The number of carbonyl (C=O) groups excluding carboxylic acids is 1. The predicted octanol–water partition coefficient (Wildman–Crippen LogP) is 2.57. The van der Waals surface area contributed by atoms with E-state index in [4.69, 9.17) is 14.2 Å². The third kappa shape index (κ3) is 4.05. The van der Waals surface area contributed by atoms with E-state index in [2.05, 4.69) is 15.3 Å². The van der Waals surface area contributed by atoms with Gasteiger partial charge in [-0.25, -0.2) is 9.78 Å². The highest BCUT2D eigenvalue weighted by molar-refractivity contribution is 7.22. The Bertz CT molecular complexity index is 1490. The van der Waals surface area contributed by atoms with Crippen LogP contribution in [0.3, 0.4) is 0 Å². The van der Waals surface area contributed by atoms with Gasteiger partial charge >= 0.3 is 5.69 Å². The first-order chi connectivity index (χ1) is 16.0. The van der Waals surface area contributed by atoms with Crippen LogP contribution in [-0.4, -0.2) is 33.8 Å². The summed E-state index contributed by atoms with van der Waals surface area (Å²) >= 11 is 1.26. The monoisotopic (exact) mass is 466 g/mol. The molecule has 11 heteroatoms. The smallest absolute Gasteiger partial charge is 0.328 e. The third-order valence-electron chi connectivity index (χ3n) is 4.97. The zero-order valence-corrected chi connectivity index (χ0v) is 18.2. The van der Waals surface area contributed by atoms with Gasteiger partial charge in [-0.05, 0) is 42.8 Å². The number of aromatic nitrogens is 3. The summed E-state index contributed by atoms with van der Waals surface area (Å²) in [6, 6.07) is 10.6. The lowest BCUT2D eigenvalue weighted by Crippen LogP contribution is -2.39. The van der Waals surface area contributed by atoms with E-state index < -0.39 is 17.2 Å². The second-order valence-electron chi connectivity index (χ2n) is 7.12. The number of aromatic amines is 1. The molecule has 5 rings (SSSR count). The van der Waals surface area contributed by atoms with E-state index in [-0.39, 0.29) is 18.9 Å². The highest BCUT2D eigenvalue weighted by Crippen LogP contribution is 2.32. The topological polar surface area (TPSA) is 125 Å². The van der Waals surface area contributed by atoms with Crippen molar-refractivity contribution in [1.82, 2.24) is 14.5 Å². The second kappa shape index (κ2) is 8.43. The lowest BCUT2D eigenvalue weighted by Gasteiger charge is -2.08. The maximum atomic E-state index is 12.9. The molecule has 0 fully saturated rings. The van der Waals surface area contributed by atoms with Crippen LogP contribution in [0.4, 0.5) is 5.13 Å². The van der Waals surface area contributed by atoms with Crippen molar-refractivity contribution in [3.05, 3.63) is 74.6 Å². The summed E-state index contributed by atoms with van der Waals surface area (Å²) in [4.78, 5) is 44.9. The van der Waals surface area contributed by atoms with Gasteiger partial charge in [-0.1, -0.05) is 17.4 Å². The first-order valence-electron chi connectivity index (χ1n) is 10.1. The summed E-state index contributed by atoms with van der Waals surface area (Å²) in [5.41, 5.74) is -0.197. The number of ether oxygens (including phenoxy) is 3. The number of amides is 1. The molecule has 1 aliphatic rings. The van der Waals surface area contributed by atoms with Gasteiger partial charge in [0.2, 0.25) is 6.79 Å². The van der Waals surface area contributed by atoms with Crippen molar-refractivity contribution in [1.29, 1.82) is 0 Å². The summed E-state index contributed by atoms with van der Waals surface area (Å²) in [6.07, 6.45) is 1.11. The maximum Gasteiger partial charge on any atom is 0.328 e. The van der Waals surface area contributed by atoms with Crippen LogP contribution < -0.4 is 30.8 Å². The minimum atomic E-state index is -0.714. The molecule has 2 aromatic heterocycles. The molecule has 4 aromatic rings. The second-order valence-corrected chi connectivity index (χ2v) is 8.15. The van der Waals surface area contributed by atoms with Crippen molar-refractivity contribution in [2.45, 2.75) is 13.5 Å². The molecule has 2 N–H and O–H groups in total. The van der Waals surface area contributed by atoms with Gasteiger partial charge in [-0.15, -0.1) is 0 Å². The normalized spacial score (nSPS) is 12.2. The Balaban J connectivity index is 1.40. The number of fused-ring (bicyclic) bond motifs is 2. The van der Waals surface area contributed by atoms with Crippen molar-refractivity contribution < 1.29 is 19.0 Å². The molecule has 3 heterocycles. The molecular formula is C22H18N4O6S. The molecule has 1 aliphatic heterocycles. The van der Waals surface area contributed by atoms with Crippen molar-refractivity contribution in [2.24, 2.45) is 0 Å². The Morgan fingerprint density at radius 3 is 2.91 bits per heavy atom. The molecule has 33 heavy (non-hydrogen) atoms. The first kappa shape index (κ1) is 20.8. The van der Waals surface area contributed by atoms with E-state index in [0.29, 0.717) is 40.1 Å². The van der Waals surface area contributed by atoms with Gasteiger partial charge in [0.15, 0.2) is 16.6 Å². The zero-order valence-electron chi connectivity index (χ0n) is 17.4. The summed E-state index contributed by atoms with van der Waals surface area (Å²) < 4.78 is 17.9. The zero-order chi connectivity index (χ0) is 22.9. The summed E-state index contributed by atoms with van der Waals surface area (Å²) in [5.74, 6) is 1.17. The van der Waals surface area contributed by atoms with Crippen LogP contribution in [0.25, 0.3) is 10.2 Å². The molecular weight excluding hydrogens is 448 g/mol. The maximum absolute atomic E-state index is 12.9. The number of hydrogen-bond acceptors (Lipinski definition) is 8. The molecule has 1 amide bonds. The average Bonchev–Trinajstić information content (AvgIpc) is 3.42. The lowest BCUT2D eigenvalue weighted by molar-refractivity contribution is 0.102. The van der Waals surface area contributed by atoms with E-state index in [1.165, 1.54) is 11.3 Å². The Morgan fingerprint density at radius 1 is 1.21 bits per heavy atom. The van der Waals surface area contributed by atoms with Crippen LogP contribution in [0.2, 0.25) is 0 Å². The summed E-state index contributed by atoms with van der Waals surface area (Å²) in [5, 5.41) is 2.97. The molecule has 0 saturated carbocycles. The molecule has 2 aromatic carbocycles. The van der Waals surface area contributed by atoms with Gasteiger partial charge in [0.05, 0.1) is 23.4 Å². The Hall–Kier alpha value is -4.12. The molecule has 10 nitrogen and oxygen atoms in total. The number of nitrogens with one attached hydrogen (secondary N) is 2. The fraction of sp³-hybridized carbons (Fsp3) is 0.182. The largest absolute Gasteiger partial charge is 0.494 e. The van der Waals surface area contributed by atoms with Crippen molar-refractivity contribution >= 4 is 32.6 Å². The van der Waals surface area contributed by atoms with Gasteiger partial charge in [0, 0.05) is 6.20 Å². The van der Waals surface area contributed by atoms with Gasteiger partial charge < -0.3 is 19.2 Å². The van der Waals surface area contributed by atoms with Crippen molar-refractivity contribution in [3.8, 4) is 17.2 Å². The number of hydrogen-bond donors (Lipinski definition) is 2. The van der Waals surface area contributed by atoms with Crippen LogP contribution in [-0.2, 0) is 6.54 Å². The van der Waals surface area contributed by atoms with E-state index in [1.807, 2.05) is 13.0 Å². The van der Waals surface area contributed by atoms with E-state index in [9.17, 15) is 14.4 Å². The number of thiazole rings is 1. The molecule has 168 valence electrons. The Kier molecular flexibility index (Phi) is 5.31. The fourth-order valence-corrected chi connectivity index (χ4v) is 4.31. The van der Waals surface area contributed by atoms with Crippen LogP contribution in [0.15, 0.2) is 52.2 Å². The number of anilines is 1. The number of rotatable bonds is 6. The van der Waals surface area contributed by atoms with Gasteiger partial charge in [-0.3, -0.25) is 19.5 Å². The van der Waals surface area contributed by atoms with Crippen LogP contribution in [0.5, 0.6) is 17.2 Å². The van der Waals surface area contributed by atoms with E-state index in [0.717, 1.165) is 15.5 Å². The summed E-state index contributed by atoms with van der Waals surface area (Å²) in [6.45, 7) is 2.52. The number of H-pyrrole nitrogens is 1. The van der Waals surface area contributed by atoms with Crippen LogP contribution in [0.1, 0.15) is 22.8 Å².